The van der Waals surface area contributed by atoms with Crippen LogP contribution in [0.25, 0.3) is 0 Å². The molecule has 1 aliphatic rings. The van der Waals surface area contributed by atoms with Gasteiger partial charge in [-0.25, -0.2) is 0 Å². The van der Waals surface area contributed by atoms with Crippen molar-refractivity contribution in [3.8, 4) is 0 Å². The summed E-state index contributed by atoms with van der Waals surface area (Å²) >= 11 is 2.99. The van der Waals surface area contributed by atoms with Crippen LogP contribution < -0.4 is 4.90 Å². The molecule has 0 saturated heterocycles. The number of aliphatic hydroxyl groups is 1. The number of carboxylic acid groups (broad SMARTS) is 1. The quantitative estimate of drug-likeness (QED) is 0.799. The minimum Gasteiger partial charge on any atom is -0.481 e. The number of aromatic nitrogens is 2. The lowest BCUT2D eigenvalue weighted by atomic mass is 9.80. The number of carbonyl (C=O) groups is 1. The molecule has 1 fully saturated rings. The Kier molecular flexibility index (Phi) is 4.87. The molecular formula is C12H19N3O3S2. The van der Waals surface area contributed by atoms with E-state index in [2.05, 4.69) is 10.2 Å². The number of anilines is 1. The van der Waals surface area contributed by atoms with E-state index >= 15 is 0 Å². The molecule has 6 nitrogen and oxygen atoms in total. The maximum Gasteiger partial charge on any atom is 0.306 e. The third-order valence-electron chi connectivity index (χ3n) is 3.51. The highest BCUT2D eigenvalue weighted by Gasteiger charge is 2.36. The fourth-order valence-corrected chi connectivity index (χ4v) is 4.10. The van der Waals surface area contributed by atoms with Gasteiger partial charge in [-0.3, -0.25) is 4.79 Å². The average molecular weight is 317 g/mol. The predicted molar refractivity (Wildman–Crippen MR) is 79.5 cm³/mol. The van der Waals surface area contributed by atoms with Crippen molar-refractivity contribution in [1.82, 2.24) is 10.2 Å². The van der Waals surface area contributed by atoms with Gasteiger partial charge in [-0.1, -0.05) is 23.1 Å². The van der Waals surface area contributed by atoms with E-state index in [1.165, 1.54) is 23.1 Å². The zero-order valence-corrected chi connectivity index (χ0v) is 13.2. The van der Waals surface area contributed by atoms with E-state index < -0.39 is 11.6 Å². The lowest BCUT2D eigenvalue weighted by Crippen LogP contribution is -2.38. The van der Waals surface area contributed by atoms with Crippen molar-refractivity contribution in [1.29, 1.82) is 0 Å². The Labute approximate surface area is 126 Å². The van der Waals surface area contributed by atoms with Gasteiger partial charge in [0.2, 0.25) is 5.13 Å². The van der Waals surface area contributed by atoms with Gasteiger partial charge in [0.1, 0.15) is 0 Å². The molecule has 0 aliphatic heterocycles. The summed E-state index contributed by atoms with van der Waals surface area (Å²) in [6.07, 6.45) is 2.17. The van der Waals surface area contributed by atoms with E-state index in [1.807, 2.05) is 19.0 Å². The average Bonchev–Trinajstić information content (AvgIpc) is 2.86. The van der Waals surface area contributed by atoms with Crippen LogP contribution in [0.3, 0.4) is 0 Å². The standard InChI is InChI=1S/C12H19N3O3S2/c1-15(2)10-13-14-11(20-10)19-7-12(18)5-3-8(4-6-12)9(16)17/h8,18H,3-7H2,1-2H3,(H,16,17). The van der Waals surface area contributed by atoms with Crippen LogP contribution in [0.2, 0.25) is 0 Å². The molecule has 1 aromatic heterocycles. The van der Waals surface area contributed by atoms with Crippen molar-refractivity contribution in [2.45, 2.75) is 35.6 Å². The van der Waals surface area contributed by atoms with Crippen molar-refractivity contribution in [3.63, 3.8) is 0 Å². The first kappa shape index (κ1) is 15.5. The van der Waals surface area contributed by atoms with E-state index in [0.717, 1.165) is 9.47 Å². The van der Waals surface area contributed by atoms with Crippen LogP contribution in [0.4, 0.5) is 5.13 Å². The molecule has 1 saturated carbocycles. The number of aliphatic carboxylic acids is 1. The first-order valence-corrected chi connectivity index (χ1v) is 8.29. The van der Waals surface area contributed by atoms with E-state index in [1.54, 1.807) is 0 Å². The Morgan fingerprint density at radius 1 is 1.45 bits per heavy atom. The Morgan fingerprint density at radius 2 is 2.10 bits per heavy atom. The number of carboxylic acids is 1. The normalized spacial score (nSPS) is 26.4. The van der Waals surface area contributed by atoms with Crippen LogP contribution >= 0.6 is 23.1 Å². The SMILES string of the molecule is CN(C)c1nnc(SCC2(O)CCC(C(=O)O)CC2)s1. The maximum atomic E-state index is 10.9. The monoisotopic (exact) mass is 317 g/mol. The van der Waals surface area contributed by atoms with Gasteiger partial charge in [-0.05, 0) is 25.7 Å². The van der Waals surface area contributed by atoms with E-state index in [0.29, 0.717) is 31.4 Å². The molecule has 0 amide bonds. The second-order valence-corrected chi connectivity index (χ2v) is 7.55. The zero-order chi connectivity index (χ0) is 14.8. The molecule has 0 bridgehead atoms. The molecule has 0 radical (unpaired) electrons. The summed E-state index contributed by atoms with van der Waals surface area (Å²) in [5.41, 5.74) is -0.777. The van der Waals surface area contributed by atoms with Crippen LogP contribution in [-0.4, -0.2) is 51.8 Å². The van der Waals surface area contributed by atoms with Crippen molar-refractivity contribution < 1.29 is 15.0 Å². The first-order chi connectivity index (χ1) is 9.39. The van der Waals surface area contributed by atoms with E-state index in [4.69, 9.17) is 5.11 Å². The summed E-state index contributed by atoms with van der Waals surface area (Å²) in [4.78, 5) is 12.8. The Morgan fingerprint density at radius 3 is 2.60 bits per heavy atom. The van der Waals surface area contributed by atoms with Gasteiger partial charge in [0.15, 0.2) is 4.34 Å². The van der Waals surface area contributed by atoms with Gasteiger partial charge in [-0.15, -0.1) is 10.2 Å². The molecule has 1 heterocycles. The molecule has 8 heteroatoms. The number of nitrogens with zero attached hydrogens (tertiary/aromatic N) is 3. The molecular weight excluding hydrogens is 298 g/mol. The summed E-state index contributed by atoms with van der Waals surface area (Å²) in [7, 11) is 3.82. The Hall–Kier alpha value is -0.860. The smallest absolute Gasteiger partial charge is 0.306 e. The molecule has 1 aliphatic carbocycles. The summed E-state index contributed by atoms with van der Waals surface area (Å²) in [5.74, 6) is -0.511. The topological polar surface area (TPSA) is 86.5 Å². The van der Waals surface area contributed by atoms with Crippen LogP contribution in [0, 0.1) is 5.92 Å². The number of hydrogen-bond donors (Lipinski definition) is 2. The molecule has 2 rings (SSSR count). The van der Waals surface area contributed by atoms with Gasteiger partial charge in [-0.2, -0.15) is 0 Å². The van der Waals surface area contributed by atoms with E-state index in [9.17, 15) is 9.90 Å². The fourth-order valence-electron chi connectivity index (χ4n) is 2.18. The second-order valence-electron chi connectivity index (χ2n) is 5.37. The second kappa shape index (κ2) is 6.28. The van der Waals surface area contributed by atoms with Crippen molar-refractivity contribution in [2.75, 3.05) is 24.7 Å². The molecule has 112 valence electrons. The molecule has 2 N–H and O–H groups in total. The van der Waals surface area contributed by atoms with Crippen molar-refractivity contribution in [3.05, 3.63) is 0 Å². The highest BCUT2D eigenvalue weighted by atomic mass is 32.2. The van der Waals surface area contributed by atoms with Crippen LogP contribution in [0.5, 0.6) is 0 Å². The molecule has 0 unspecified atom stereocenters. The summed E-state index contributed by atoms with van der Waals surface area (Å²) in [6.45, 7) is 0. The third-order valence-corrected chi connectivity index (χ3v) is 6.01. The van der Waals surface area contributed by atoms with Crippen LogP contribution in [0.1, 0.15) is 25.7 Å². The third kappa shape index (κ3) is 3.83. The zero-order valence-electron chi connectivity index (χ0n) is 11.6. The Bertz CT molecular complexity index is 470. The van der Waals surface area contributed by atoms with Gasteiger partial charge in [0.05, 0.1) is 11.5 Å². The highest BCUT2D eigenvalue weighted by Crippen LogP contribution is 2.37. The summed E-state index contributed by atoms with van der Waals surface area (Å²) in [5, 5.41) is 28.4. The number of thioether (sulfide) groups is 1. The molecule has 0 aromatic carbocycles. The lowest BCUT2D eigenvalue weighted by molar-refractivity contribution is -0.144. The van der Waals surface area contributed by atoms with Gasteiger partial charge >= 0.3 is 5.97 Å². The Balaban J connectivity index is 1.85. The molecule has 0 spiro atoms. The largest absolute Gasteiger partial charge is 0.481 e. The summed E-state index contributed by atoms with van der Waals surface area (Å²) < 4.78 is 0.836. The minimum absolute atomic E-state index is 0.304. The summed E-state index contributed by atoms with van der Waals surface area (Å²) in [6, 6.07) is 0. The van der Waals surface area contributed by atoms with Crippen molar-refractivity contribution in [2.24, 2.45) is 5.92 Å². The van der Waals surface area contributed by atoms with Crippen LogP contribution in [0.15, 0.2) is 4.34 Å². The number of rotatable bonds is 5. The highest BCUT2D eigenvalue weighted by molar-refractivity contribution is 8.01. The maximum absolute atomic E-state index is 10.9. The minimum atomic E-state index is -0.777. The lowest BCUT2D eigenvalue weighted by Gasteiger charge is -2.34. The predicted octanol–water partition coefficient (Wildman–Crippen LogP) is 1.70. The molecule has 20 heavy (non-hydrogen) atoms. The first-order valence-electron chi connectivity index (χ1n) is 6.48. The molecule has 0 atom stereocenters. The van der Waals surface area contributed by atoms with E-state index in [-0.39, 0.29) is 5.92 Å². The van der Waals surface area contributed by atoms with Gasteiger partial charge in [0.25, 0.3) is 0 Å². The van der Waals surface area contributed by atoms with Crippen LogP contribution in [-0.2, 0) is 4.79 Å². The van der Waals surface area contributed by atoms with Crippen molar-refractivity contribution >= 4 is 34.2 Å². The fraction of sp³-hybridized carbons (Fsp3) is 0.750. The molecule has 1 aromatic rings. The van der Waals surface area contributed by atoms with Gasteiger partial charge < -0.3 is 15.1 Å². The van der Waals surface area contributed by atoms with Gasteiger partial charge in [0, 0.05) is 19.8 Å². The number of hydrogen-bond acceptors (Lipinski definition) is 7.